The third kappa shape index (κ3) is 4.52. The van der Waals surface area contributed by atoms with Crippen LogP contribution in [0.15, 0.2) is 35.4 Å². The van der Waals surface area contributed by atoms with Gasteiger partial charge in [-0.15, -0.1) is 11.3 Å². The molecule has 7 heteroatoms. The van der Waals surface area contributed by atoms with Gasteiger partial charge in [-0.3, -0.25) is 4.72 Å². The van der Waals surface area contributed by atoms with Gasteiger partial charge in [0.2, 0.25) is 0 Å². The van der Waals surface area contributed by atoms with E-state index < -0.39 is 10.0 Å². The second kappa shape index (κ2) is 6.55. The summed E-state index contributed by atoms with van der Waals surface area (Å²) in [6.45, 7) is 6.62. The maximum Gasteiger partial charge on any atom is 0.263 e. The van der Waals surface area contributed by atoms with E-state index in [0.29, 0.717) is 17.7 Å². The second-order valence-corrected chi connectivity index (χ2v) is 7.98. The summed E-state index contributed by atoms with van der Waals surface area (Å²) >= 11 is 1.31. The molecule has 5 nitrogen and oxygen atoms in total. The molecule has 0 fully saturated rings. The summed E-state index contributed by atoms with van der Waals surface area (Å²) in [5, 5.41) is 3.66. The Labute approximate surface area is 129 Å². The summed E-state index contributed by atoms with van der Waals surface area (Å²) in [6.07, 6.45) is 1.64. The highest BCUT2D eigenvalue weighted by atomic mass is 32.2. The van der Waals surface area contributed by atoms with Gasteiger partial charge in [0.05, 0.1) is 4.90 Å². The van der Waals surface area contributed by atoms with Crippen LogP contribution in [0.5, 0.6) is 0 Å². The van der Waals surface area contributed by atoms with Crippen LogP contribution in [0.4, 0.5) is 5.13 Å². The van der Waals surface area contributed by atoms with Crippen LogP contribution < -0.4 is 10.0 Å². The van der Waals surface area contributed by atoms with E-state index in [1.54, 1.807) is 24.4 Å². The lowest BCUT2D eigenvalue weighted by molar-refractivity contribution is 0.587. The molecule has 0 spiro atoms. The van der Waals surface area contributed by atoms with E-state index in [1.165, 1.54) is 11.3 Å². The zero-order valence-corrected chi connectivity index (χ0v) is 13.9. The SMILES string of the molecule is Cc1cnc(NS(=O)(=O)c2cccc(CNC(C)C)c2)s1. The number of thiazole rings is 1. The highest BCUT2D eigenvalue weighted by Gasteiger charge is 2.16. The number of hydrogen-bond acceptors (Lipinski definition) is 5. The summed E-state index contributed by atoms with van der Waals surface area (Å²) in [7, 11) is -3.59. The Bertz CT molecular complexity index is 709. The Balaban J connectivity index is 2.17. The van der Waals surface area contributed by atoms with Crippen LogP contribution in [0.2, 0.25) is 0 Å². The summed E-state index contributed by atoms with van der Waals surface area (Å²) in [4.78, 5) is 5.23. The van der Waals surface area contributed by atoms with Crippen molar-refractivity contribution in [1.29, 1.82) is 0 Å². The van der Waals surface area contributed by atoms with Crippen molar-refractivity contribution in [1.82, 2.24) is 10.3 Å². The Morgan fingerprint density at radius 3 is 2.71 bits per heavy atom. The molecule has 1 heterocycles. The predicted octanol–water partition coefficient (Wildman–Crippen LogP) is 2.75. The number of anilines is 1. The molecule has 2 rings (SSSR count). The second-order valence-electron chi connectivity index (χ2n) is 5.06. The van der Waals surface area contributed by atoms with E-state index in [9.17, 15) is 8.42 Å². The van der Waals surface area contributed by atoms with E-state index in [2.05, 4.69) is 15.0 Å². The molecule has 0 amide bonds. The van der Waals surface area contributed by atoms with E-state index in [-0.39, 0.29) is 4.90 Å². The number of nitrogens with zero attached hydrogens (tertiary/aromatic N) is 1. The zero-order valence-electron chi connectivity index (χ0n) is 12.3. The highest BCUT2D eigenvalue weighted by Crippen LogP contribution is 2.21. The van der Waals surface area contributed by atoms with Crippen molar-refractivity contribution in [2.24, 2.45) is 0 Å². The molecule has 0 saturated carbocycles. The van der Waals surface area contributed by atoms with E-state index in [0.717, 1.165) is 10.4 Å². The minimum Gasteiger partial charge on any atom is -0.310 e. The zero-order chi connectivity index (χ0) is 15.5. The normalized spacial score (nSPS) is 11.8. The first-order valence-electron chi connectivity index (χ1n) is 6.64. The molecule has 0 aliphatic rings. The molecule has 1 aromatic heterocycles. The van der Waals surface area contributed by atoms with Crippen LogP contribution in [0.3, 0.4) is 0 Å². The van der Waals surface area contributed by atoms with Crippen LogP contribution in [0.25, 0.3) is 0 Å². The summed E-state index contributed by atoms with van der Waals surface area (Å²) in [6, 6.07) is 7.27. The predicted molar refractivity (Wildman–Crippen MR) is 86.1 cm³/mol. The van der Waals surface area contributed by atoms with Crippen molar-refractivity contribution >= 4 is 26.5 Å². The van der Waals surface area contributed by atoms with E-state index >= 15 is 0 Å². The number of aromatic nitrogens is 1. The molecule has 2 N–H and O–H groups in total. The van der Waals surface area contributed by atoms with Gasteiger partial charge in [-0.2, -0.15) is 0 Å². The molecule has 0 aliphatic carbocycles. The number of aryl methyl sites for hydroxylation is 1. The van der Waals surface area contributed by atoms with Crippen LogP contribution in [-0.2, 0) is 16.6 Å². The molecular formula is C14H19N3O2S2. The number of sulfonamides is 1. The average molecular weight is 325 g/mol. The quantitative estimate of drug-likeness (QED) is 0.857. The molecule has 0 unspecified atom stereocenters. The smallest absolute Gasteiger partial charge is 0.263 e. The number of nitrogens with one attached hydrogen (secondary N) is 2. The van der Waals surface area contributed by atoms with Crippen molar-refractivity contribution in [3.05, 3.63) is 40.9 Å². The van der Waals surface area contributed by atoms with Crippen molar-refractivity contribution in [3.8, 4) is 0 Å². The third-order valence-electron chi connectivity index (χ3n) is 2.77. The highest BCUT2D eigenvalue weighted by molar-refractivity contribution is 7.93. The molecule has 0 atom stereocenters. The number of rotatable bonds is 6. The van der Waals surface area contributed by atoms with Gasteiger partial charge in [0.25, 0.3) is 10.0 Å². The van der Waals surface area contributed by atoms with Gasteiger partial charge >= 0.3 is 0 Å². The first-order chi connectivity index (χ1) is 9.87. The summed E-state index contributed by atoms with van der Waals surface area (Å²) in [5.74, 6) is 0. The fourth-order valence-electron chi connectivity index (χ4n) is 1.72. The molecule has 114 valence electrons. The molecule has 0 saturated heterocycles. The Morgan fingerprint density at radius 1 is 1.33 bits per heavy atom. The lowest BCUT2D eigenvalue weighted by atomic mass is 10.2. The van der Waals surface area contributed by atoms with Gasteiger partial charge in [-0.1, -0.05) is 26.0 Å². The summed E-state index contributed by atoms with van der Waals surface area (Å²) < 4.78 is 27.2. The van der Waals surface area contributed by atoms with Gasteiger partial charge in [-0.25, -0.2) is 13.4 Å². The molecule has 0 aliphatic heterocycles. The monoisotopic (exact) mass is 325 g/mol. The Kier molecular flexibility index (Phi) is 4.97. The Hall–Kier alpha value is -1.44. The van der Waals surface area contributed by atoms with Crippen molar-refractivity contribution in [2.45, 2.75) is 38.3 Å². The molecular weight excluding hydrogens is 306 g/mol. The topological polar surface area (TPSA) is 71.1 Å². The minimum absolute atomic E-state index is 0.249. The van der Waals surface area contributed by atoms with Crippen LogP contribution >= 0.6 is 11.3 Å². The minimum atomic E-state index is -3.59. The van der Waals surface area contributed by atoms with Gasteiger partial charge in [-0.05, 0) is 24.6 Å². The first kappa shape index (κ1) is 15.9. The third-order valence-corrected chi connectivity index (χ3v) is 5.06. The fourth-order valence-corrected chi connectivity index (χ4v) is 3.70. The lowest BCUT2D eigenvalue weighted by Crippen LogP contribution is -2.22. The van der Waals surface area contributed by atoms with Gasteiger partial charge in [0, 0.05) is 23.7 Å². The van der Waals surface area contributed by atoms with Gasteiger partial charge in [0.1, 0.15) is 0 Å². The van der Waals surface area contributed by atoms with Crippen molar-refractivity contribution in [2.75, 3.05) is 4.72 Å². The van der Waals surface area contributed by atoms with Crippen molar-refractivity contribution in [3.63, 3.8) is 0 Å². The maximum absolute atomic E-state index is 12.3. The molecule has 2 aromatic rings. The maximum atomic E-state index is 12.3. The largest absolute Gasteiger partial charge is 0.310 e. The number of benzene rings is 1. The fraction of sp³-hybridized carbons (Fsp3) is 0.357. The molecule has 21 heavy (non-hydrogen) atoms. The average Bonchev–Trinajstić information content (AvgIpc) is 2.81. The Morgan fingerprint density at radius 2 is 2.10 bits per heavy atom. The molecule has 0 bridgehead atoms. The first-order valence-corrected chi connectivity index (χ1v) is 8.94. The van der Waals surface area contributed by atoms with E-state index in [1.807, 2.05) is 26.8 Å². The molecule has 0 radical (unpaired) electrons. The number of hydrogen-bond donors (Lipinski definition) is 2. The van der Waals surface area contributed by atoms with Crippen molar-refractivity contribution < 1.29 is 8.42 Å². The molecule has 1 aromatic carbocycles. The van der Waals surface area contributed by atoms with Crippen LogP contribution in [0, 0.1) is 6.92 Å². The van der Waals surface area contributed by atoms with Gasteiger partial charge < -0.3 is 5.32 Å². The van der Waals surface area contributed by atoms with Crippen LogP contribution in [0.1, 0.15) is 24.3 Å². The van der Waals surface area contributed by atoms with Gasteiger partial charge in [0.15, 0.2) is 5.13 Å². The summed E-state index contributed by atoms with van der Waals surface area (Å²) in [5.41, 5.74) is 0.932. The van der Waals surface area contributed by atoms with E-state index in [4.69, 9.17) is 0 Å². The standard InChI is InChI=1S/C14H19N3O2S2/c1-10(2)15-9-12-5-4-6-13(7-12)21(18,19)17-14-16-8-11(3)20-14/h4-8,10,15H,9H2,1-3H3,(H,16,17). The lowest BCUT2D eigenvalue weighted by Gasteiger charge is -2.10. The van der Waals surface area contributed by atoms with Crippen LogP contribution in [-0.4, -0.2) is 19.4 Å².